The molecule has 4 nitrogen and oxygen atoms in total. The van der Waals surface area contributed by atoms with E-state index in [0.717, 1.165) is 24.9 Å². The zero-order valence-corrected chi connectivity index (χ0v) is 14.1. The lowest BCUT2D eigenvalue weighted by Gasteiger charge is -2.35. The second-order valence-electron chi connectivity index (χ2n) is 6.98. The maximum Gasteiger partial charge on any atom is 0.246 e. The van der Waals surface area contributed by atoms with Crippen molar-refractivity contribution in [2.45, 2.75) is 70.4 Å². The minimum absolute atomic E-state index is 0.00480. The molecule has 2 fully saturated rings. The lowest BCUT2D eigenvalue weighted by molar-refractivity contribution is -0.127. The molecule has 23 heavy (non-hydrogen) atoms. The molecule has 0 spiro atoms. The van der Waals surface area contributed by atoms with Gasteiger partial charge in [0.25, 0.3) is 0 Å². The average molecular weight is 314 g/mol. The third-order valence-corrected chi connectivity index (χ3v) is 5.35. The molecule has 0 unspecified atom stereocenters. The molecular formula is C19H26N2O2. The quantitative estimate of drug-likeness (QED) is 0.928. The summed E-state index contributed by atoms with van der Waals surface area (Å²) >= 11 is 0. The fourth-order valence-electron chi connectivity index (χ4n) is 3.78. The van der Waals surface area contributed by atoms with Gasteiger partial charge in [-0.15, -0.1) is 0 Å². The number of amides is 2. The van der Waals surface area contributed by atoms with Gasteiger partial charge in [0.2, 0.25) is 11.8 Å². The first kappa shape index (κ1) is 16.0. The highest BCUT2D eigenvalue weighted by Gasteiger charge is 2.48. The number of hydrogen-bond donors (Lipinski definition) is 1. The van der Waals surface area contributed by atoms with Gasteiger partial charge < -0.3 is 5.32 Å². The van der Waals surface area contributed by atoms with Crippen molar-refractivity contribution in [1.82, 2.24) is 5.32 Å². The molecule has 1 N–H and O–H groups in total. The van der Waals surface area contributed by atoms with Gasteiger partial charge in [0.15, 0.2) is 0 Å². The van der Waals surface area contributed by atoms with E-state index in [1.54, 1.807) is 4.90 Å². The van der Waals surface area contributed by atoms with Gasteiger partial charge in [-0.2, -0.15) is 0 Å². The molecule has 4 heteroatoms. The predicted molar refractivity (Wildman–Crippen MR) is 91.3 cm³/mol. The van der Waals surface area contributed by atoms with E-state index < -0.39 is 5.54 Å². The van der Waals surface area contributed by atoms with Crippen LogP contribution in [0.2, 0.25) is 0 Å². The van der Waals surface area contributed by atoms with E-state index in [1.165, 1.54) is 18.4 Å². The van der Waals surface area contributed by atoms with E-state index >= 15 is 0 Å². The highest BCUT2D eigenvalue weighted by Crippen LogP contribution is 2.36. The first-order valence-corrected chi connectivity index (χ1v) is 8.77. The number of carbonyl (C=O) groups excluding carboxylic acids is 2. The maximum absolute atomic E-state index is 12.9. The van der Waals surface area contributed by atoms with Crippen molar-refractivity contribution in [2.75, 3.05) is 4.90 Å². The summed E-state index contributed by atoms with van der Waals surface area (Å²) in [5.74, 6) is 0.0353. The SMILES string of the molecule is CCc1ccc(N2C(=O)CC[C@@]2(C)C(=O)NC2CCCC2)cc1. The number of nitrogens with one attached hydrogen (secondary N) is 1. The Kier molecular flexibility index (Phi) is 4.42. The maximum atomic E-state index is 12.9. The zero-order valence-electron chi connectivity index (χ0n) is 14.1. The lowest BCUT2D eigenvalue weighted by atomic mass is 9.96. The van der Waals surface area contributed by atoms with Gasteiger partial charge in [0, 0.05) is 18.2 Å². The molecule has 124 valence electrons. The Balaban J connectivity index is 1.83. The van der Waals surface area contributed by atoms with E-state index in [2.05, 4.69) is 12.2 Å². The third kappa shape index (κ3) is 2.99. The Labute approximate surface area is 138 Å². The molecule has 3 rings (SSSR count). The van der Waals surface area contributed by atoms with Crippen LogP contribution in [0.1, 0.15) is 57.9 Å². The van der Waals surface area contributed by atoms with Crippen LogP contribution in [-0.2, 0) is 16.0 Å². The van der Waals surface area contributed by atoms with Gasteiger partial charge in [-0.25, -0.2) is 0 Å². The van der Waals surface area contributed by atoms with Crippen LogP contribution >= 0.6 is 0 Å². The smallest absolute Gasteiger partial charge is 0.246 e. The summed E-state index contributed by atoms with van der Waals surface area (Å²) in [5, 5.41) is 3.17. The summed E-state index contributed by atoms with van der Waals surface area (Å²) in [6.45, 7) is 4.01. The summed E-state index contributed by atoms with van der Waals surface area (Å²) in [6, 6.07) is 8.28. The molecule has 1 aromatic carbocycles. The summed E-state index contributed by atoms with van der Waals surface area (Å²) in [6.07, 6.45) is 6.46. The second-order valence-corrected chi connectivity index (χ2v) is 6.98. The van der Waals surface area contributed by atoms with E-state index in [1.807, 2.05) is 31.2 Å². The van der Waals surface area contributed by atoms with Crippen LogP contribution in [0.5, 0.6) is 0 Å². The number of carbonyl (C=O) groups is 2. The van der Waals surface area contributed by atoms with Crippen molar-refractivity contribution in [3.05, 3.63) is 29.8 Å². The molecule has 2 aliphatic rings. The average Bonchev–Trinajstić information content (AvgIpc) is 3.16. The van der Waals surface area contributed by atoms with Gasteiger partial charge in [-0.1, -0.05) is 31.9 Å². The largest absolute Gasteiger partial charge is 0.351 e. The van der Waals surface area contributed by atoms with Crippen LogP contribution in [0.3, 0.4) is 0 Å². The van der Waals surface area contributed by atoms with E-state index in [0.29, 0.717) is 12.8 Å². The molecule has 2 amide bonds. The number of aryl methyl sites for hydroxylation is 1. The Morgan fingerprint density at radius 2 is 1.91 bits per heavy atom. The number of rotatable bonds is 4. The summed E-state index contributed by atoms with van der Waals surface area (Å²) < 4.78 is 0. The highest BCUT2D eigenvalue weighted by molar-refractivity contribution is 6.06. The number of nitrogens with zero attached hydrogens (tertiary/aromatic N) is 1. The van der Waals surface area contributed by atoms with Crippen molar-refractivity contribution in [3.8, 4) is 0 Å². The summed E-state index contributed by atoms with van der Waals surface area (Å²) in [7, 11) is 0. The molecule has 1 saturated carbocycles. The predicted octanol–water partition coefficient (Wildman–Crippen LogP) is 3.19. The van der Waals surface area contributed by atoms with E-state index in [4.69, 9.17) is 0 Å². The Bertz CT molecular complexity index is 590. The molecular weight excluding hydrogens is 288 g/mol. The van der Waals surface area contributed by atoms with Crippen LogP contribution in [0, 0.1) is 0 Å². The van der Waals surface area contributed by atoms with Crippen LogP contribution in [0.4, 0.5) is 5.69 Å². The van der Waals surface area contributed by atoms with Crippen molar-refractivity contribution >= 4 is 17.5 Å². The Hall–Kier alpha value is -1.84. The van der Waals surface area contributed by atoms with E-state index in [-0.39, 0.29) is 17.9 Å². The van der Waals surface area contributed by atoms with Gasteiger partial charge >= 0.3 is 0 Å². The molecule has 1 heterocycles. The molecule has 0 aromatic heterocycles. The summed E-state index contributed by atoms with van der Waals surface area (Å²) in [5.41, 5.74) is 1.29. The van der Waals surface area contributed by atoms with Crippen LogP contribution < -0.4 is 10.2 Å². The van der Waals surface area contributed by atoms with Crippen molar-refractivity contribution in [2.24, 2.45) is 0 Å². The van der Waals surface area contributed by atoms with Crippen LogP contribution in [-0.4, -0.2) is 23.4 Å². The van der Waals surface area contributed by atoms with Gasteiger partial charge in [-0.05, 0) is 50.3 Å². The normalized spacial score (nSPS) is 25.1. The molecule has 1 atom stereocenters. The van der Waals surface area contributed by atoms with Gasteiger partial charge in [-0.3, -0.25) is 14.5 Å². The monoisotopic (exact) mass is 314 g/mol. The van der Waals surface area contributed by atoms with Crippen molar-refractivity contribution in [3.63, 3.8) is 0 Å². The van der Waals surface area contributed by atoms with Gasteiger partial charge in [0.05, 0.1) is 0 Å². The third-order valence-electron chi connectivity index (χ3n) is 5.35. The highest BCUT2D eigenvalue weighted by atomic mass is 16.2. The van der Waals surface area contributed by atoms with Gasteiger partial charge in [0.1, 0.15) is 5.54 Å². The zero-order chi connectivity index (χ0) is 16.4. The first-order chi connectivity index (χ1) is 11.0. The van der Waals surface area contributed by atoms with E-state index in [9.17, 15) is 9.59 Å². The minimum Gasteiger partial charge on any atom is -0.351 e. The molecule has 1 aliphatic carbocycles. The van der Waals surface area contributed by atoms with Crippen molar-refractivity contribution in [1.29, 1.82) is 0 Å². The molecule has 1 saturated heterocycles. The standard InChI is InChI=1S/C19H26N2O2/c1-3-14-8-10-16(11-9-14)21-17(22)12-13-19(21,2)18(23)20-15-6-4-5-7-15/h8-11,15H,3-7,12-13H2,1-2H3,(H,20,23)/t19-/m0/s1. The minimum atomic E-state index is -0.770. The van der Waals surface area contributed by atoms with Crippen LogP contribution in [0.15, 0.2) is 24.3 Å². The molecule has 1 aromatic rings. The fraction of sp³-hybridized carbons (Fsp3) is 0.579. The topological polar surface area (TPSA) is 49.4 Å². The lowest BCUT2D eigenvalue weighted by Crippen LogP contribution is -2.56. The van der Waals surface area contributed by atoms with Crippen molar-refractivity contribution < 1.29 is 9.59 Å². The Morgan fingerprint density at radius 3 is 2.52 bits per heavy atom. The second kappa shape index (κ2) is 6.34. The Morgan fingerprint density at radius 1 is 1.26 bits per heavy atom. The molecule has 0 radical (unpaired) electrons. The number of hydrogen-bond acceptors (Lipinski definition) is 2. The number of anilines is 1. The first-order valence-electron chi connectivity index (χ1n) is 8.77. The van der Waals surface area contributed by atoms with Crippen LogP contribution in [0.25, 0.3) is 0 Å². The number of benzene rings is 1. The summed E-state index contributed by atoms with van der Waals surface area (Å²) in [4.78, 5) is 27.0. The molecule has 0 bridgehead atoms. The fourth-order valence-corrected chi connectivity index (χ4v) is 3.78. The molecule has 1 aliphatic heterocycles.